The van der Waals surface area contributed by atoms with E-state index in [2.05, 4.69) is 6.07 Å². The van der Waals surface area contributed by atoms with E-state index < -0.39 is 17.1 Å². The molecule has 0 saturated heterocycles. The molecule has 5 heteroatoms. The fourth-order valence-electron chi connectivity index (χ4n) is 6.77. The number of carbonyl (C=O) groups excluding carboxylic acids is 2. The number of nitrogens with zero attached hydrogens (tertiary/aromatic N) is 1. The highest BCUT2D eigenvalue weighted by Crippen LogP contribution is 2.62. The molecule has 5 nitrogen and oxygen atoms in total. The van der Waals surface area contributed by atoms with Gasteiger partial charge in [-0.25, -0.2) is 0 Å². The maximum absolute atomic E-state index is 13.2. The lowest BCUT2D eigenvalue weighted by Gasteiger charge is -2.58. The number of benzene rings is 1. The molecule has 4 aliphatic carbocycles. The number of ether oxygens (including phenoxy) is 1. The van der Waals surface area contributed by atoms with Crippen LogP contribution >= 0.6 is 0 Å². The zero-order valence-corrected chi connectivity index (χ0v) is 16.5. The van der Waals surface area contributed by atoms with Crippen LogP contribution in [-0.2, 0) is 20.7 Å². The van der Waals surface area contributed by atoms with E-state index in [0.29, 0.717) is 24.8 Å². The van der Waals surface area contributed by atoms with Gasteiger partial charge in [0, 0.05) is 12.2 Å². The molecule has 2 unspecified atom stereocenters. The third kappa shape index (κ3) is 2.86. The summed E-state index contributed by atoms with van der Waals surface area (Å²) in [5.41, 5.74) is 0.810. The Hall–Kier alpha value is -1.88. The molecular weight excluding hydrogens is 354 g/mol. The fraction of sp³-hybridized carbons (Fsp3) is 0.652. The first-order valence-electron chi connectivity index (χ1n) is 10.7. The summed E-state index contributed by atoms with van der Waals surface area (Å²) in [6.07, 6.45) is 5.95. The van der Waals surface area contributed by atoms with E-state index in [1.54, 1.807) is 11.8 Å². The first kappa shape index (κ1) is 18.2. The van der Waals surface area contributed by atoms with Crippen molar-refractivity contribution >= 4 is 17.6 Å². The summed E-state index contributed by atoms with van der Waals surface area (Å²) in [5.74, 6) is 0.410. The van der Waals surface area contributed by atoms with Gasteiger partial charge >= 0.3 is 5.97 Å². The topological polar surface area (TPSA) is 66.8 Å². The van der Waals surface area contributed by atoms with Crippen molar-refractivity contribution in [2.75, 3.05) is 11.4 Å². The quantitative estimate of drug-likeness (QED) is 0.814. The average molecular weight is 383 g/mol. The highest BCUT2D eigenvalue weighted by molar-refractivity contribution is 5.98. The third-order valence-electron chi connectivity index (χ3n) is 7.47. The molecule has 4 saturated carbocycles. The molecule has 1 N–H and O–H groups in total. The van der Waals surface area contributed by atoms with Gasteiger partial charge in [0.25, 0.3) is 5.91 Å². The number of hydrogen-bond donors (Lipinski definition) is 1. The summed E-state index contributed by atoms with van der Waals surface area (Å²) in [7, 11) is 0. The largest absolute Gasteiger partial charge is 0.452 e. The van der Waals surface area contributed by atoms with Crippen molar-refractivity contribution in [3.05, 3.63) is 29.8 Å². The predicted molar refractivity (Wildman–Crippen MR) is 105 cm³/mol. The van der Waals surface area contributed by atoms with Crippen LogP contribution in [0.3, 0.4) is 0 Å². The molecular formula is C23H29NO4. The second-order valence-corrected chi connectivity index (χ2v) is 9.74. The van der Waals surface area contributed by atoms with Crippen molar-refractivity contribution in [1.82, 2.24) is 0 Å². The van der Waals surface area contributed by atoms with Gasteiger partial charge in [-0.05, 0) is 81.8 Å². The smallest absolute Gasteiger partial charge is 0.312 e. The SMILES string of the molecule is C[C@H](OC(=O)C12C[C@@H]3C[C@@H](CC(O)(C3)C1)C2)C(=O)N1CCCc2ccccc21. The van der Waals surface area contributed by atoms with Gasteiger partial charge in [-0.15, -0.1) is 0 Å². The Morgan fingerprint density at radius 3 is 2.61 bits per heavy atom. The van der Waals surface area contributed by atoms with E-state index in [9.17, 15) is 14.7 Å². The van der Waals surface area contributed by atoms with Crippen LogP contribution in [-0.4, -0.2) is 35.2 Å². The van der Waals surface area contributed by atoms with Crippen LogP contribution in [0.4, 0.5) is 5.69 Å². The zero-order chi connectivity index (χ0) is 19.5. The Bertz CT molecular complexity index is 805. The number of anilines is 1. The zero-order valence-electron chi connectivity index (χ0n) is 16.5. The van der Waals surface area contributed by atoms with Crippen molar-refractivity contribution in [1.29, 1.82) is 0 Å². The van der Waals surface area contributed by atoms with E-state index in [-0.39, 0.29) is 11.9 Å². The van der Waals surface area contributed by atoms with E-state index in [1.165, 1.54) is 5.56 Å². The Kier molecular flexibility index (Phi) is 4.10. The van der Waals surface area contributed by atoms with Gasteiger partial charge in [0.2, 0.25) is 0 Å². The molecule has 5 atom stereocenters. The Labute approximate surface area is 166 Å². The van der Waals surface area contributed by atoms with Crippen molar-refractivity contribution in [3.63, 3.8) is 0 Å². The minimum atomic E-state index is -0.804. The number of hydrogen-bond acceptors (Lipinski definition) is 4. The molecule has 150 valence electrons. The molecule has 4 bridgehead atoms. The second-order valence-electron chi connectivity index (χ2n) is 9.74. The number of aryl methyl sites for hydroxylation is 1. The van der Waals surface area contributed by atoms with Crippen molar-refractivity contribution in [3.8, 4) is 0 Å². The van der Waals surface area contributed by atoms with Gasteiger partial charge in [-0.1, -0.05) is 18.2 Å². The molecule has 1 aromatic rings. The Morgan fingerprint density at radius 2 is 1.89 bits per heavy atom. The second kappa shape index (κ2) is 6.31. The average Bonchev–Trinajstić information content (AvgIpc) is 2.65. The summed E-state index contributed by atoms with van der Waals surface area (Å²) in [4.78, 5) is 28.0. The minimum Gasteiger partial charge on any atom is -0.452 e. The van der Waals surface area contributed by atoms with Crippen LogP contribution in [0.1, 0.15) is 57.4 Å². The van der Waals surface area contributed by atoms with Crippen LogP contribution in [0.5, 0.6) is 0 Å². The van der Waals surface area contributed by atoms with E-state index in [4.69, 9.17) is 4.74 Å². The van der Waals surface area contributed by atoms with Gasteiger partial charge in [0.1, 0.15) is 0 Å². The number of para-hydroxylation sites is 1. The first-order chi connectivity index (χ1) is 13.4. The minimum absolute atomic E-state index is 0.149. The van der Waals surface area contributed by atoms with Gasteiger partial charge < -0.3 is 14.7 Å². The van der Waals surface area contributed by atoms with Crippen LogP contribution in [0.2, 0.25) is 0 Å². The maximum atomic E-state index is 13.2. The lowest BCUT2D eigenvalue weighted by atomic mass is 9.48. The number of aliphatic hydroxyl groups is 1. The van der Waals surface area contributed by atoms with E-state index in [1.807, 2.05) is 18.2 Å². The van der Waals surface area contributed by atoms with Crippen LogP contribution in [0, 0.1) is 17.3 Å². The lowest BCUT2D eigenvalue weighted by molar-refractivity contribution is -0.199. The molecule has 0 aromatic heterocycles. The van der Waals surface area contributed by atoms with E-state index in [0.717, 1.165) is 50.6 Å². The van der Waals surface area contributed by atoms with E-state index >= 15 is 0 Å². The maximum Gasteiger partial charge on any atom is 0.312 e. The lowest BCUT2D eigenvalue weighted by Crippen LogP contribution is -2.59. The van der Waals surface area contributed by atoms with Gasteiger partial charge in [-0.3, -0.25) is 9.59 Å². The van der Waals surface area contributed by atoms with Crippen LogP contribution in [0.15, 0.2) is 24.3 Å². The summed E-state index contributed by atoms with van der Waals surface area (Å²) >= 11 is 0. The van der Waals surface area contributed by atoms with Crippen molar-refractivity contribution in [2.24, 2.45) is 17.3 Å². The molecule has 1 aromatic carbocycles. The molecule has 1 aliphatic heterocycles. The Morgan fingerprint density at radius 1 is 1.18 bits per heavy atom. The summed E-state index contributed by atoms with van der Waals surface area (Å²) in [6, 6.07) is 7.96. The number of rotatable bonds is 3. The van der Waals surface area contributed by atoms with Crippen molar-refractivity contribution < 1.29 is 19.4 Å². The number of fused-ring (bicyclic) bond motifs is 1. The third-order valence-corrected chi connectivity index (χ3v) is 7.47. The van der Waals surface area contributed by atoms with Crippen LogP contribution < -0.4 is 4.90 Å². The highest BCUT2D eigenvalue weighted by atomic mass is 16.5. The Balaban J connectivity index is 1.32. The number of carbonyl (C=O) groups is 2. The van der Waals surface area contributed by atoms with Gasteiger partial charge in [0.05, 0.1) is 11.0 Å². The highest BCUT2D eigenvalue weighted by Gasteiger charge is 2.61. The summed E-state index contributed by atoms with van der Waals surface area (Å²) in [6.45, 7) is 2.35. The van der Waals surface area contributed by atoms with Gasteiger partial charge in [-0.2, -0.15) is 0 Å². The molecule has 6 rings (SSSR count). The normalized spacial score (nSPS) is 36.7. The first-order valence-corrected chi connectivity index (χ1v) is 10.7. The predicted octanol–water partition coefficient (Wildman–Crippen LogP) is 3.23. The molecule has 28 heavy (non-hydrogen) atoms. The molecule has 0 spiro atoms. The molecule has 0 radical (unpaired) electrons. The molecule has 1 amide bonds. The standard InChI is InChI=1S/C23H29NO4/c1-15(20(25)24-8-4-6-18-5-2-3-7-19(18)24)28-21(26)22-10-16-9-17(11-22)13-23(27,12-16)14-22/h2-3,5,7,15-17,27H,4,6,8-14H2,1H3/t15-,16-,17+,22?,23?/m0/s1. The summed E-state index contributed by atoms with van der Waals surface area (Å²) in [5, 5.41) is 10.9. The molecule has 1 heterocycles. The summed E-state index contributed by atoms with van der Waals surface area (Å²) < 4.78 is 5.77. The monoisotopic (exact) mass is 383 g/mol. The molecule has 4 fully saturated rings. The number of amides is 1. The molecule has 5 aliphatic rings. The van der Waals surface area contributed by atoms with Crippen LogP contribution in [0.25, 0.3) is 0 Å². The van der Waals surface area contributed by atoms with Crippen molar-refractivity contribution in [2.45, 2.75) is 70.0 Å². The number of esters is 1. The van der Waals surface area contributed by atoms with Gasteiger partial charge in [0.15, 0.2) is 6.10 Å². The fourth-order valence-corrected chi connectivity index (χ4v) is 6.77.